The van der Waals surface area contributed by atoms with Gasteiger partial charge in [-0.1, -0.05) is 24.3 Å². The van der Waals surface area contributed by atoms with Gasteiger partial charge in [-0.3, -0.25) is 4.79 Å². The number of rotatable bonds is 3. The number of likely N-dealkylation sites (N-methyl/N-ethyl adjacent to an activating group) is 1. The molecule has 0 bridgehead atoms. The summed E-state index contributed by atoms with van der Waals surface area (Å²) in [5.74, 6) is -0.156. The maximum atomic E-state index is 12.2. The fourth-order valence-corrected chi connectivity index (χ4v) is 2.71. The largest absolute Gasteiger partial charge is 0.350 e. The van der Waals surface area contributed by atoms with E-state index in [0.29, 0.717) is 0 Å². The molecule has 22 heavy (non-hydrogen) atoms. The molecule has 1 aromatic carbocycles. The Morgan fingerprint density at radius 1 is 1.27 bits per heavy atom. The summed E-state index contributed by atoms with van der Waals surface area (Å²) in [6.07, 6.45) is 1.89. The topological polar surface area (TPSA) is 61.4 Å². The van der Waals surface area contributed by atoms with Crippen LogP contribution in [0, 0.1) is 0 Å². The molecule has 0 saturated carbocycles. The molecule has 3 amide bonds. The fourth-order valence-electron chi connectivity index (χ4n) is 2.71. The van der Waals surface area contributed by atoms with Crippen molar-refractivity contribution < 1.29 is 9.59 Å². The lowest BCUT2D eigenvalue weighted by Gasteiger charge is -2.24. The first-order valence-electron chi connectivity index (χ1n) is 7.67. The van der Waals surface area contributed by atoms with Gasteiger partial charge in [0, 0.05) is 12.6 Å². The number of carbonyl (C=O) groups is 2. The normalized spacial score (nSPS) is 16.8. The summed E-state index contributed by atoms with van der Waals surface area (Å²) in [7, 11) is 1.64. The van der Waals surface area contributed by atoms with E-state index in [0.717, 1.165) is 12.8 Å². The SMILES string of the molecule is CN(CC(=O)NC(C)(C)C)C(=O)NC1CCc2ccccc21. The number of hydrogen-bond acceptors (Lipinski definition) is 2. The molecule has 1 aliphatic rings. The van der Waals surface area contributed by atoms with Crippen molar-refractivity contribution in [3.8, 4) is 0 Å². The molecule has 0 aromatic heterocycles. The first-order chi connectivity index (χ1) is 10.3. The van der Waals surface area contributed by atoms with Crippen LogP contribution in [-0.4, -0.2) is 36.0 Å². The molecule has 1 unspecified atom stereocenters. The van der Waals surface area contributed by atoms with Gasteiger partial charge in [0.15, 0.2) is 0 Å². The Kier molecular flexibility index (Phi) is 4.74. The van der Waals surface area contributed by atoms with Gasteiger partial charge in [0.2, 0.25) is 5.91 Å². The van der Waals surface area contributed by atoms with Crippen LogP contribution in [0.15, 0.2) is 24.3 Å². The van der Waals surface area contributed by atoms with Gasteiger partial charge in [0.25, 0.3) is 0 Å². The van der Waals surface area contributed by atoms with Crippen molar-refractivity contribution in [3.63, 3.8) is 0 Å². The highest BCUT2D eigenvalue weighted by molar-refractivity contribution is 5.84. The lowest BCUT2D eigenvalue weighted by Crippen LogP contribution is -2.48. The number of amides is 3. The van der Waals surface area contributed by atoms with E-state index in [2.05, 4.69) is 22.8 Å². The third-order valence-corrected chi connectivity index (χ3v) is 3.67. The molecule has 1 atom stereocenters. The van der Waals surface area contributed by atoms with Crippen molar-refractivity contribution in [2.24, 2.45) is 0 Å². The van der Waals surface area contributed by atoms with E-state index >= 15 is 0 Å². The molecule has 2 rings (SSSR count). The van der Waals surface area contributed by atoms with E-state index in [1.807, 2.05) is 32.9 Å². The molecule has 0 spiro atoms. The summed E-state index contributed by atoms with van der Waals surface area (Å²) in [6, 6.07) is 7.99. The molecule has 5 heteroatoms. The van der Waals surface area contributed by atoms with Gasteiger partial charge in [-0.25, -0.2) is 4.79 Å². The molecular weight excluding hydrogens is 278 g/mol. The monoisotopic (exact) mass is 303 g/mol. The van der Waals surface area contributed by atoms with Crippen molar-refractivity contribution in [1.82, 2.24) is 15.5 Å². The highest BCUT2D eigenvalue weighted by Crippen LogP contribution is 2.30. The average molecular weight is 303 g/mol. The number of benzene rings is 1. The molecule has 0 radical (unpaired) electrons. The molecule has 0 aliphatic heterocycles. The molecule has 2 N–H and O–H groups in total. The van der Waals surface area contributed by atoms with Crippen LogP contribution < -0.4 is 10.6 Å². The zero-order chi connectivity index (χ0) is 16.3. The van der Waals surface area contributed by atoms with Crippen LogP contribution >= 0.6 is 0 Å². The Balaban J connectivity index is 1.89. The molecule has 0 heterocycles. The van der Waals surface area contributed by atoms with Gasteiger partial charge in [0.05, 0.1) is 6.04 Å². The van der Waals surface area contributed by atoms with Crippen molar-refractivity contribution >= 4 is 11.9 Å². The quantitative estimate of drug-likeness (QED) is 0.899. The van der Waals surface area contributed by atoms with E-state index in [-0.39, 0.29) is 30.1 Å². The minimum absolute atomic E-state index is 0.0387. The third kappa shape index (κ3) is 4.23. The van der Waals surface area contributed by atoms with Gasteiger partial charge in [-0.05, 0) is 44.7 Å². The van der Waals surface area contributed by atoms with Crippen LogP contribution in [-0.2, 0) is 11.2 Å². The van der Waals surface area contributed by atoms with E-state index in [1.54, 1.807) is 7.05 Å². The van der Waals surface area contributed by atoms with Crippen LogP contribution in [0.25, 0.3) is 0 Å². The average Bonchev–Trinajstić information content (AvgIpc) is 2.80. The predicted molar refractivity (Wildman–Crippen MR) is 86.6 cm³/mol. The second kappa shape index (κ2) is 6.38. The Morgan fingerprint density at radius 2 is 1.95 bits per heavy atom. The Morgan fingerprint density at radius 3 is 2.64 bits per heavy atom. The fraction of sp³-hybridized carbons (Fsp3) is 0.529. The van der Waals surface area contributed by atoms with Gasteiger partial charge in [0.1, 0.15) is 6.54 Å². The molecule has 120 valence electrons. The number of nitrogens with zero attached hydrogens (tertiary/aromatic N) is 1. The van der Waals surface area contributed by atoms with Crippen LogP contribution in [0.2, 0.25) is 0 Å². The molecule has 1 aliphatic carbocycles. The minimum atomic E-state index is -0.293. The van der Waals surface area contributed by atoms with Crippen molar-refractivity contribution in [1.29, 1.82) is 0 Å². The summed E-state index contributed by atoms with van der Waals surface area (Å²) in [5, 5.41) is 5.86. The van der Waals surface area contributed by atoms with E-state index in [1.165, 1.54) is 16.0 Å². The van der Waals surface area contributed by atoms with Crippen LogP contribution in [0.4, 0.5) is 4.79 Å². The van der Waals surface area contributed by atoms with Crippen LogP contribution in [0.3, 0.4) is 0 Å². The minimum Gasteiger partial charge on any atom is -0.350 e. The lowest BCUT2D eigenvalue weighted by molar-refractivity contribution is -0.122. The summed E-state index contributed by atoms with van der Waals surface area (Å²) >= 11 is 0. The number of nitrogens with one attached hydrogen (secondary N) is 2. The molecular formula is C17H25N3O2. The highest BCUT2D eigenvalue weighted by atomic mass is 16.2. The standard InChI is InChI=1S/C17H25N3O2/c1-17(2,3)19-15(21)11-20(4)16(22)18-14-10-9-12-7-5-6-8-13(12)14/h5-8,14H,9-11H2,1-4H3,(H,18,22)(H,19,21). The maximum Gasteiger partial charge on any atom is 0.318 e. The Hall–Kier alpha value is -2.04. The Labute approximate surface area is 132 Å². The van der Waals surface area contributed by atoms with E-state index < -0.39 is 0 Å². The zero-order valence-corrected chi connectivity index (χ0v) is 13.8. The zero-order valence-electron chi connectivity index (χ0n) is 13.8. The molecule has 0 fully saturated rings. The van der Waals surface area contributed by atoms with Gasteiger partial charge in [-0.2, -0.15) is 0 Å². The maximum absolute atomic E-state index is 12.2. The van der Waals surface area contributed by atoms with E-state index in [4.69, 9.17) is 0 Å². The number of carbonyl (C=O) groups excluding carboxylic acids is 2. The molecule has 0 saturated heterocycles. The number of aryl methyl sites for hydroxylation is 1. The third-order valence-electron chi connectivity index (χ3n) is 3.67. The smallest absolute Gasteiger partial charge is 0.318 e. The number of urea groups is 1. The molecule has 5 nitrogen and oxygen atoms in total. The summed E-state index contributed by atoms with van der Waals surface area (Å²) < 4.78 is 0. The highest BCUT2D eigenvalue weighted by Gasteiger charge is 2.25. The van der Waals surface area contributed by atoms with E-state index in [9.17, 15) is 9.59 Å². The van der Waals surface area contributed by atoms with Crippen molar-refractivity contribution in [2.75, 3.05) is 13.6 Å². The lowest BCUT2D eigenvalue weighted by atomic mass is 10.1. The first kappa shape index (κ1) is 16.3. The summed E-state index contributed by atoms with van der Waals surface area (Å²) in [4.78, 5) is 25.5. The predicted octanol–water partition coefficient (Wildman–Crippen LogP) is 2.23. The van der Waals surface area contributed by atoms with Crippen molar-refractivity contribution in [2.45, 2.75) is 45.2 Å². The molecule has 1 aromatic rings. The van der Waals surface area contributed by atoms with Gasteiger partial charge >= 0.3 is 6.03 Å². The van der Waals surface area contributed by atoms with Crippen molar-refractivity contribution in [3.05, 3.63) is 35.4 Å². The summed E-state index contributed by atoms with van der Waals surface area (Å²) in [6.45, 7) is 5.80. The van der Waals surface area contributed by atoms with Gasteiger partial charge < -0.3 is 15.5 Å². The Bertz CT molecular complexity index is 563. The van der Waals surface area contributed by atoms with Crippen LogP contribution in [0.1, 0.15) is 44.4 Å². The number of hydrogen-bond donors (Lipinski definition) is 2. The van der Waals surface area contributed by atoms with Crippen LogP contribution in [0.5, 0.6) is 0 Å². The van der Waals surface area contributed by atoms with Gasteiger partial charge in [-0.15, -0.1) is 0 Å². The first-order valence-corrected chi connectivity index (χ1v) is 7.67. The second-order valence-corrected chi connectivity index (χ2v) is 6.89. The second-order valence-electron chi connectivity index (χ2n) is 6.89. The number of fused-ring (bicyclic) bond motifs is 1. The summed E-state index contributed by atoms with van der Waals surface area (Å²) in [5.41, 5.74) is 2.18.